The van der Waals surface area contributed by atoms with E-state index in [0.717, 1.165) is 12.8 Å². The van der Waals surface area contributed by atoms with Gasteiger partial charge in [0, 0.05) is 6.42 Å². The number of ether oxygens (including phenoxy) is 3. The van der Waals surface area contributed by atoms with Crippen LogP contribution in [0, 0.1) is 17.8 Å². The van der Waals surface area contributed by atoms with Crippen LogP contribution in [0.25, 0.3) is 0 Å². The van der Waals surface area contributed by atoms with E-state index in [4.69, 9.17) is 14.0 Å². The zero-order valence-electron chi connectivity index (χ0n) is 13.3. The maximum Gasteiger partial charge on any atom is 0.403 e. The average molecular weight is 402 g/mol. The van der Waals surface area contributed by atoms with Crippen LogP contribution in [0.3, 0.4) is 0 Å². The molecular formula is C14H17F3O8S. The molecule has 2 saturated carbocycles. The van der Waals surface area contributed by atoms with E-state index in [-0.39, 0.29) is 30.1 Å². The maximum absolute atomic E-state index is 13.3. The molecule has 2 heterocycles. The van der Waals surface area contributed by atoms with Crippen LogP contribution in [-0.2, 0) is 33.9 Å². The van der Waals surface area contributed by atoms with Crippen LogP contribution in [-0.4, -0.2) is 61.8 Å². The second kappa shape index (κ2) is 6.64. The monoisotopic (exact) mass is 402 g/mol. The van der Waals surface area contributed by atoms with Crippen molar-refractivity contribution in [3.63, 3.8) is 0 Å². The number of carbonyl (C=O) groups excluding carboxylic acids is 2. The smallest absolute Gasteiger partial charge is 0.403 e. The molecule has 4 bridgehead atoms. The van der Waals surface area contributed by atoms with E-state index in [2.05, 4.69) is 4.74 Å². The summed E-state index contributed by atoms with van der Waals surface area (Å²) in [6.07, 6.45) is -2.48. The van der Waals surface area contributed by atoms with Crippen molar-refractivity contribution in [3.05, 3.63) is 0 Å². The van der Waals surface area contributed by atoms with Crippen LogP contribution < -0.4 is 0 Å². The molecule has 6 unspecified atom stereocenters. The number of hydrogen-bond acceptors (Lipinski definition) is 7. The molecule has 0 aromatic rings. The highest BCUT2D eigenvalue weighted by Gasteiger charge is 2.58. The minimum Gasteiger partial charge on any atom is -0.461 e. The quantitative estimate of drug-likeness (QED) is 0.489. The third kappa shape index (κ3) is 3.41. The molecule has 2 saturated heterocycles. The molecule has 4 aliphatic rings. The van der Waals surface area contributed by atoms with Gasteiger partial charge in [0.15, 0.2) is 0 Å². The molecular weight excluding hydrogens is 385 g/mol. The first-order valence-corrected chi connectivity index (χ1v) is 9.40. The van der Waals surface area contributed by atoms with Crippen LogP contribution >= 0.6 is 0 Å². The van der Waals surface area contributed by atoms with E-state index in [9.17, 15) is 31.2 Å². The van der Waals surface area contributed by atoms with Crippen molar-refractivity contribution < 1.29 is 49.9 Å². The Morgan fingerprint density at radius 2 is 2.04 bits per heavy atom. The van der Waals surface area contributed by atoms with Crippen LogP contribution in [0.15, 0.2) is 0 Å². The van der Waals surface area contributed by atoms with E-state index in [1.807, 2.05) is 0 Å². The van der Waals surface area contributed by atoms with Gasteiger partial charge in [0.1, 0.15) is 19.3 Å². The Hall–Kier alpha value is -1.40. The molecule has 1 N–H and O–H groups in total. The number of alkyl halides is 3. The second-order valence-corrected chi connectivity index (χ2v) is 8.27. The number of rotatable bonds is 7. The van der Waals surface area contributed by atoms with Gasteiger partial charge in [0.05, 0.1) is 6.10 Å². The Labute approximate surface area is 146 Å². The first-order valence-electron chi connectivity index (χ1n) is 7.96. The van der Waals surface area contributed by atoms with E-state index in [0.29, 0.717) is 0 Å². The van der Waals surface area contributed by atoms with Gasteiger partial charge in [-0.15, -0.1) is 0 Å². The lowest BCUT2D eigenvalue weighted by Gasteiger charge is -2.30. The Balaban J connectivity index is 1.49. The highest BCUT2D eigenvalue weighted by molar-refractivity contribution is 7.86. The van der Waals surface area contributed by atoms with Gasteiger partial charge in [0.2, 0.25) is 6.17 Å². The summed E-state index contributed by atoms with van der Waals surface area (Å²) in [5.74, 6) is -1.20. The zero-order chi connectivity index (χ0) is 19.3. The molecule has 2 aliphatic heterocycles. The van der Waals surface area contributed by atoms with E-state index in [1.165, 1.54) is 0 Å². The van der Waals surface area contributed by atoms with Gasteiger partial charge in [-0.2, -0.15) is 17.2 Å². The minimum absolute atomic E-state index is 0.0436. The molecule has 8 nitrogen and oxygen atoms in total. The van der Waals surface area contributed by atoms with Gasteiger partial charge < -0.3 is 14.2 Å². The fourth-order valence-corrected chi connectivity index (χ4v) is 4.44. The standard InChI is InChI=1S/C14H17F3O8S/c15-9(14(16,17)26(20,21)22)4-23-11(19)5-24-13-8-2-7-1-6(8)3-10(18)25-12(7)13/h6-9,12-13H,1-5H2,(H,20,21,22). The summed E-state index contributed by atoms with van der Waals surface area (Å²) >= 11 is 0. The SMILES string of the molecule is O=C(COC1C2CC3CC2CC(=O)OC31)OCC(F)C(F)(F)S(=O)(=O)O. The first-order chi connectivity index (χ1) is 12.0. The molecule has 12 heteroatoms. The maximum atomic E-state index is 13.3. The molecule has 4 fully saturated rings. The predicted molar refractivity (Wildman–Crippen MR) is 76.3 cm³/mol. The lowest BCUT2D eigenvalue weighted by Crippen LogP contribution is -2.42. The lowest BCUT2D eigenvalue weighted by molar-refractivity contribution is -0.164. The summed E-state index contributed by atoms with van der Waals surface area (Å²) in [6.45, 7) is -2.24. The van der Waals surface area contributed by atoms with E-state index < -0.39 is 52.9 Å². The Kier molecular flexibility index (Phi) is 4.95. The number of carbonyl (C=O) groups is 2. The van der Waals surface area contributed by atoms with Crippen LogP contribution in [0.2, 0.25) is 0 Å². The van der Waals surface area contributed by atoms with Crippen LogP contribution in [0.4, 0.5) is 13.2 Å². The van der Waals surface area contributed by atoms with Crippen molar-refractivity contribution in [2.24, 2.45) is 17.8 Å². The molecule has 0 radical (unpaired) electrons. The van der Waals surface area contributed by atoms with Crippen molar-refractivity contribution in [1.29, 1.82) is 0 Å². The molecule has 4 rings (SSSR count). The Bertz CT molecular complexity index is 696. The third-order valence-electron chi connectivity index (χ3n) is 5.19. The fraction of sp³-hybridized carbons (Fsp3) is 0.857. The Morgan fingerprint density at radius 3 is 2.69 bits per heavy atom. The van der Waals surface area contributed by atoms with Crippen molar-refractivity contribution in [2.45, 2.75) is 42.9 Å². The van der Waals surface area contributed by atoms with Crippen molar-refractivity contribution in [2.75, 3.05) is 13.2 Å². The van der Waals surface area contributed by atoms with Crippen molar-refractivity contribution >= 4 is 22.1 Å². The van der Waals surface area contributed by atoms with E-state index >= 15 is 0 Å². The topological polar surface area (TPSA) is 116 Å². The van der Waals surface area contributed by atoms with Crippen molar-refractivity contribution in [1.82, 2.24) is 0 Å². The highest BCUT2D eigenvalue weighted by atomic mass is 32.2. The largest absolute Gasteiger partial charge is 0.461 e. The molecule has 148 valence electrons. The first kappa shape index (κ1) is 19.4. The molecule has 0 aromatic carbocycles. The normalized spacial score (nSPS) is 34.5. The molecule has 0 amide bonds. The van der Waals surface area contributed by atoms with Crippen molar-refractivity contribution in [3.8, 4) is 0 Å². The third-order valence-corrected chi connectivity index (χ3v) is 6.13. The van der Waals surface area contributed by atoms with E-state index in [1.54, 1.807) is 0 Å². The molecule has 2 aliphatic carbocycles. The number of esters is 2. The zero-order valence-corrected chi connectivity index (χ0v) is 14.2. The van der Waals surface area contributed by atoms with Gasteiger partial charge in [-0.05, 0) is 30.6 Å². The van der Waals surface area contributed by atoms with Gasteiger partial charge in [-0.3, -0.25) is 9.35 Å². The lowest BCUT2D eigenvalue weighted by atomic mass is 9.84. The summed E-state index contributed by atoms with van der Waals surface area (Å²) < 4.78 is 83.3. The number of fused-ring (bicyclic) bond motifs is 2. The van der Waals surface area contributed by atoms with Gasteiger partial charge in [-0.25, -0.2) is 9.18 Å². The summed E-state index contributed by atoms with van der Waals surface area (Å²) in [7, 11) is -5.98. The van der Waals surface area contributed by atoms with Gasteiger partial charge >= 0.3 is 27.3 Å². The van der Waals surface area contributed by atoms with Gasteiger partial charge in [0.25, 0.3) is 0 Å². The molecule has 0 aromatic heterocycles. The molecule has 6 atom stereocenters. The number of hydrogen-bond donors (Lipinski definition) is 1. The van der Waals surface area contributed by atoms with Crippen LogP contribution in [0.5, 0.6) is 0 Å². The molecule has 26 heavy (non-hydrogen) atoms. The summed E-state index contributed by atoms with van der Waals surface area (Å²) in [5.41, 5.74) is 0. The average Bonchev–Trinajstić information content (AvgIpc) is 2.98. The van der Waals surface area contributed by atoms with Gasteiger partial charge in [-0.1, -0.05) is 0 Å². The highest BCUT2D eigenvalue weighted by Crippen LogP contribution is 2.54. The summed E-state index contributed by atoms with van der Waals surface area (Å²) in [5, 5.41) is -5.09. The predicted octanol–water partition coefficient (Wildman–Crippen LogP) is 0.705. The summed E-state index contributed by atoms with van der Waals surface area (Å²) in [6, 6.07) is 0. The summed E-state index contributed by atoms with van der Waals surface area (Å²) in [4.78, 5) is 23.2. The fourth-order valence-electron chi connectivity index (χ4n) is 4.05. The Morgan fingerprint density at radius 1 is 1.35 bits per heavy atom. The molecule has 0 spiro atoms. The minimum atomic E-state index is -5.98. The van der Waals surface area contributed by atoms with Crippen LogP contribution in [0.1, 0.15) is 19.3 Å². The second-order valence-electron chi connectivity index (χ2n) is 6.78. The number of halogens is 3.